The summed E-state index contributed by atoms with van der Waals surface area (Å²) in [6, 6.07) is 13.1. The Morgan fingerprint density at radius 1 is 1.18 bits per heavy atom. The van der Waals surface area contributed by atoms with Crippen LogP contribution in [0.1, 0.15) is 23.5 Å². The first-order valence-corrected chi connectivity index (χ1v) is 9.25. The van der Waals surface area contributed by atoms with E-state index >= 15 is 0 Å². The predicted octanol–water partition coefficient (Wildman–Crippen LogP) is 2.42. The van der Waals surface area contributed by atoms with Gasteiger partial charge in [0.2, 0.25) is 0 Å². The van der Waals surface area contributed by atoms with E-state index in [4.69, 9.17) is 5.73 Å². The number of benzene rings is 2. The van der Waals surface area contributed by atoms with Gasteiger partial charge in [-0.25, -0.2) is 8.42 Å². The van der Waals surface area contributed by atoms with Gasteiger partial charge in [0.15, 0.2) is 9.84 Å². The van der Waals surface area contributed by atoms with Gasteiger partial charge in [-0.3, -0.25) is 0 Å². The van der Waals surface area contributed by atoms with Gasteiger partial charge < -0.3 is 10.8 Å². The molecule has 0 amide bonds. The standard InChI is InChI=1S/C17H19NO3S/c1-22(20,21)10-11-2-7-17(19)15(8-11)13-5-3-12(4-6-13)14-9-16(14)18/h2-8,14,16,19H,9-10,18H2,1H3/t14-,16+/m1/s1. The van der Waals surface area contributed by atoms with Crippen molar-refractivity contribution in [3.8, 4) is 16.9 Å². The third kappa shape index (κ3) is 3.31. The van der Waals surface area contributed by atoms with Gasteiger partial charge >= 0.3 is 0 Å². The van der Waals surface area contributed by atoms with Crippen LogP contribution in [-0.4, -0.2) is 25.8 Å². The smallest absolute Gasteiger partial charge is 0.151 e. The van der Waals surface area contributed by atoms with E-state index in [2.05, 4.69) is 0 Å². The summed E-state index contributed by atoms with van der Waals surface area (Å²) in [5.41, 5.74) is 9.25. The lowest BCUT2D eigenvalue weighted by Crippen LogP contribution is -2.01. The van der Waals surface area contributed by atoms with E-state index in [1.807, 2.05) is 24.3 Å². The van der Waals surface area contributed by atoms with Crippen molar-refractivity contribution in [1.82, 2.24) is 0 Å². The molecular formula is C17H19NO3S. The molecule has 0 spiro atoms. The van der Waals surface area contributed by atoms with Crippen LogP contribution in [0.4, 0.5) is 0 Å². The Bertz CT molecular complexity index is 797. The Labute approximate surface area is 130 Å². The maximum atomic E-state index is 11.4. The van der Waals surface area contributed by atoms with Gasteiger partial charge in [-0.15, -0.1) is 0 Å². The lowest BCUT2D eigenvalue weighted by atomic mass is 10.00. The van der Waals surface area contributed by atoms with Crippen LogP contribution in [0.2, 0.25) is 0 Å². The third-order valence-electron chi connectivity index (χ3n) is 3.98. The number of sulfone groups is 1. The minimum Gasteiger partial charge on any atom is -0.507 e. The zero-order valence-electron chi connectivity index (χ0n) is 12.4. The summed E-state index contributed by atoms with van der Waals surface area (Å²) in [6.07, 6.45) is 2.22. The van der Waals surface area contributed by atoms with Crippen LogP contribution < -0.4 is 5.73 Å². The van der Waals surface area contributed by atoms with Gasteiger partial charge in [-0.2, -0.15) is 0 Å². The molecule has 116 valence electrons. The van der Waals surface area contributed by atoms with Crippen LogP contribution in [0.15, 0.2) is 42.5 Å². The van der Waals surface area contributed by atoms with Crippen LogP contribution in [0.25, 0.3) is 11.1 Å². The Balaban J connectivity index is 1.91. The number of hydrogen-bond acceptors (Lipinski definition) is 4. The molecule has 4 nitrogen and oxygen atoms in total. The molecule has 5 heteroatoms. The summed E-state index contributed by atoms with van der Waals surface area (Å²) in [5, 5.41) is 10.1. The highest BCUT2D eigenvalue weighted by atomic mass is 32.2. The first-order chi connectivity index (χ1) is 10.3. The van der Waals surface area contributed by atoms with Crippen LogP contribution in [-0.2, 0) is 15.6 Å². The molecule has 0 unspecified atom stereocenters. The predicted molar refractivity (Wildman–Crippen MR) is 87.4 cm³/mol. The second kappa shape index (κ2) is 5.41. The third-order valence-corrected chi connectivity index (χ3v) is 4.84. The Morgan fingerprint density at radius 3 is 2.36 bits per heavy atom. The van der Waals surface area contributed by atoms with Crippen molar-refractivity contribution in [2.24, 2.45) is 5.73 Å². The minimum atomic E-state index is -3.10. The zero-order chi connectivity index (χ0) is 15.9. The van der Waals surface area contributed by atoms with Crippen molar-refractivity contribution in [2.75, 3.05) is 6.26 Å². The quantitative estimate of drug-likeness (QED) is 0.907. The van der Waals surface area contributed by atoms with Crippen molar-refractivity contribution in [3.05, 3.63) is 53.6 Å². The van der Waals surface area contributed by atoms with Crippen LogP contribution >= 0.6 is 0 Å². The highest BCUT2D eigenvalue weighted by molar-refractivity contribution is 7.89. The molecule has 1 fully saturated rings. The van der Waals surface area contributed by atoms with Crippen LogP contribution in [0.5, 0.6) is 5.75 Å². The molecule has 0 radical (unpaired) electrons. The number of phenolic OH excluding ortho intramolecular Hbond substituents is 1. The second-order valence-corrected chi connectivity index (χ2v) is 8.19. The highest BCUT2D eigenvalue weighted by Gasteiger charge is 2.34. The first-order valence-electron chi connectivity index (χ1n) is 7.19. The van der Waals surface area contributed by atoms with Gasteiger partial charge in [0.05, 0.1) is 5.75 Å². The molecule has 2 aromatic rings. The van der Waals surface area contributed by atoms with E-state index in [0.717, 1.165) is 12.0 Å². The topological polar surface area (TPSA) is 80.4 Å². The summed E-state index contributed by atoms with van der Waals surface area (Å²) in [7, 11) is -3.10. The van der Waals surface area contributed by atoms with E-state index < -0.39 is 9.84 Å². The average Bonchev–Trinajstić information content (AvgIpc) is 3.17. The molecule has 1 aliphatic carbocycles. The van der Waals surface area contributed by atoms with Gasteiger partial charge in [0, 0.05) is 23.8 Å². The van der Waals surface area contributed by atoms with E-state index in [1.165, 1.54) is 11.8 Å². The molecule has 3 rings (SSSR count). The van der Waals surface area contributed by atoms with E-state index in [9.17, 15) is 13.5 Å². The lowest BCUT2D eigenvalue weighted by Gasteiger charge is -2.09. The van der Waals surface area contributed by atoms with Gasteiger partial charge in [0.25, 0.3) is 0 Å². The van der Waals surface area contributed by atoms with Crippen molar-refractivity contribution < 1.29 is 13.5 Å². The maximum absolute atomic E-state index is 11.4. The summed E-state index contributed by atoms with van der Waals surface area (Å²) in [5.74, 6) is 0.558. The highest BCUT2D eigenvalue weighted by Crippen LogP contribution is 2.40. The molecule has 2 aromatic carbocycles. The fraction of sp³-hybridized carbons (Fsp3) is 0.294. The zero-order valence-corrected chi connectivity index (χ0v) is 13.2. The van der Waals surface area contributed by atoms with E-state index in [-0.39, 0.29) is 17.5 Å². The number of rotatable bonds is 4. The molecule has 3 N–H and O–H groups in total. The Kier molecular flexibility index (Phi) is 3.70. The number of nitrogens with two attached hydrogens (primary N) is 1. The van der Waals surface area contributed by atoms with E-state index in [1.54, 1.807) is 18.2 Å². The van der Waals surface area contributed by atoms with Crippen molar-refractivity contribution >= 4 is 9.84 Å². The normalized spacial score (nSPS) is 20.8. The summed E-state index contributed by atoms with van der Waals surface area (Å²) < 4.78 is 22.8. The summed E-state index contributed by atoms with van der Waals surface area (Å²) in [6.45, 7) is 0. The minimum absolute atomic E-state index is 0.0324. The van der Waals surface area contributed by atoms with Gasteiger partial charge in [-0.05, 0) is 35.2 Å². The van der Waals surface area contributed by atoms with Gasteiger partial charge in [-0.1, -0.05) is 30.3 Å². The largest absolute Gasteiger partial charge is 0.507 e. The Hall–Kier alpha value is -1.85. The van der Waals surface area contributed by atoms with Crippen molar-refractivity contribution in [1.29, 1.82) is 0 Å². The monoisotopic (exact) mass is 317 g/mol. The van der Waals surface area contributed by atoms with Crippen LogP contribution in [0.3, 0.4) is 0 Å². The molecule has 0 saturated heterocycles. The fourth-order valence-electron chi connectivity index (χ4n) is 2.71. The van der Waals surface area contributed by atoms with Crippen LogP contribution in [0, 0.1) is 0 Å². The maximum Gasteiger partial charge on any atom is 0.151 e. The molecule has 1 aliphatic rings. The molecule has 2 atom stereocenters. The first kappa shape index (κ1) is 15.1. The average molecular weight is 317 g/mol. The number of aromatic hydroxyl groups is 1. The summed E-state index contributed by atoms with van der Waals surface area (Å²) >= 11 is 0. The molecule has 0 heterocycles. The van der Waals surface area contributed by atoms with E-state index in [0.29, 0.717) is 17.0 Å². The Morgan fingerprint density at radius 2 is 1.82 bits per heavy atom. The number of hydrogen-bond donors (Lipinski definition) is 2. The lowest BCUT2D eigenvalue weighted by molar-refractivity contribution is 0.477. The van der Waals surface area contributed by atoms with Gasteiger partial charge in [0.1, 0.15) is 5.75 Å². The number of phenols is 1. The molecule has 0 aromatic heterocycles. The second-order valence-electron chi connectivity index (χ2n) is 6.05. The SMILES string of the molecule is CS(=O)(=O)Cc1ccc(O)c(-c2ccc([C@H]3C[C@@H]3N)cc2)c1. The molecule has 22 heavy (non-hydrogen) atoms. The molecular weight excluding hydrogens is 298 g/mol. The van der Waals surface area contributed by atoms with Crippen molar-refractivity contribution in [2.45, 2.75) is 24.1 Å². The molecule has 0 aliphatic heterocycles. The molecule has 1 saturated carbocycles. The molecule has 0 bridgehead atoms. The van der Waals surface area contributed by atoms with Crippen molar-refractivity contribution in [3.63, 3.8) is 0 Å². The fourth-order valence-corrected chi connectivity index (χ4v) is 3.50. The summed E-state index contributed by atoms with van der Waals surface area (Å²) in [4.78, 5) is 0.